The average molecular weight is 322 g/mol. The van der Waals surface area contributed by atoms with Crippen molar-refractivity contribution in [2.75, 3.05) is 5.32 Å². The van der Waals surface area contributed by atoms with Crippen LogP contribution in [0.3, 0.4) is 0 Å². The molecule has 6 heteroatoms. The normalized spacial score (nSPS) is 13.7. The van der Waals surface area contributed by atoms with Crippen molar-refractivity contribution >= 4 is 23.2 Å². The van der Waals surface area contributed by atoms with Gasteiger partial charge >= 0.3 is 0 Å². The summed E-state index contributed by atoms with van der Waals surface area (Å²) in [5, 5.41) is 17.8. The third-order valence-electron chi connectivity index (χ3n) is 3.54. The van der Waals surface area contributed by atoms with Crippen LogP contribution < -0.4 is 5.32 Å². The Hall–Kier alpha value is -1.85. The second-order valence-electron chi connectivity index (χ2n) is 5.51. The zero-order valence-corrected chi connectivity index (χ0v) is 13.7. The van der Waals surface area contributed by atoms with E-state index in [9.17, 15) is 9.90 Å². The summed E-state index contributed by atoms with van der Waals surface area (Å²) in [6, 6.07) is 7.29. The summed E-state index contributed by atoms with van der Waals surface area (Å²) in [5.74, 6) is -0.428. The Morgan fingerprint density at radius 1 is 1.50 bits per heavy atom. The van der Waals surface area contributed by atoms with Gasteiger partial charge in [0, 0.05) is 5.02 Å². The first-order valence-corrected chi connectivity index (χ1v) is 7.57. The SMILES string of the molecule is CCCC(C)(O)C(=O)Nc1cnn(-c2cccc(Cl)c2)c1C. The molecule has 0 aliphatic rings. The quantitative estimate of drug-likeness (QED) is 0.887. The highest BCUT2D eigenvalue weighted by molar-refractivity contribution is 6.30. The molecule has 0 bridgehead atoms. The first-order chi connectivity index (χ1) is 10.3. The number of nitrogens with one attached hydrogen (secondary N) is 1. The Bertz CT molecular complexity index is 680. The molecule has 1 amide bonds. The van der Waals surface area contributed by atoms with Crippen LogP contribution in [0.15, 0.2) is 30.5 Å². The molecule has 0 aliphatic heterocycles. The molecule has 2 aromatic rings. The van der Waals surface area contributed by atoms with E-state index in [0.29, 0.717) is 17.1 Å². The number of aliphatic hydroxyl groups is 1. The summed E-state index contributed by atoms with van der Waals surface area (Å²) in [7, 11) is 0. The van der Waals surface area contributed by atoms with Crippen molar-refractivity contribution in [2.24, 2.45) is 0 Å². The number of amides is 1. The van der Waals surface area contributed by atoms with Crippen LogP contribution in [0.4, 0.5) is 5.69 Å². The predicted octanol–water partition coefficient (Wildman–Crippen LogP) is 3.32. The standard InChI is InChI=1S/C16H20ClN3O2/c1-4-8-16(3,22)15(21)19-14-10-18-20(11(14)2)13-7-5-6-12(17)9-13/h5-7,9-10,22H,4,8H2,1-3H3,(H,19,21). The summed E-state index contributed by atoms with van der Waals surface area (Å²) in [4.78, 5) is 12.2. The molecule has 0 radical (unpaired) electrons. The largest absolute Gasteiger partial charge is 0.380 e. The molecule has 2 rings (SSSR count). The number of hydrogen-bond acceptors (Lipinski definition) is 3. The van der Waals surface area contributed by atoms with E-state index in [1.165, 1.54) is 6.92 Å². The molecule has 0 saturated heterocycles. The molecule has 0 fully saturated rings. The van der Waals surface area contributed by atoms with Crippen molar-refractivity contribution in [3.8, 4) is 5.69 Å². The van der Waals surface area contributed by atoms with E-state index in [-0.39, 0.29) is 0 Å². The van der Waals surface area contributed by atoms with Crippen LogP contribution in [0.2, 0.25) is 5.02 Å². The number of hydrogen-bond donors (Lipinski definition) is 2. The Morgan fingerprint density at radius 2 is 2.23 bits per heavy atom. The van der Waals surface area contributed by atoms with E-state index >= 15 is 0 Å². The van der Waals surface area contributed by atoms with Gasteiger partial charge in [0.1, 0.15) is 5.60 Å². The van der Waals surface area contributed by atoms with E-state index in [1.54, 1.807) is 23.0 Å². The third-order valence-corrected chi connectivity index (χ3v) is 3.77. The summed E-state index contributed by atoms with van der Waals surface area (Å²) in [6.45, 7) is 5.28. The van der Waals surface area contributed by atoms with Gasteiger partial charge in [0.05, 0.1) is 23.3 Å². The lowest BCUT2D eigenvalue weighted by molar-refractivity contribution is -0.133. The highest BCUT2D eigenvalue weighted by atomic mass is 35.5. The van der Waals surface area contributed by atoms with Gasteiger partial charge in [-0.15, -0.1) is 0 Å². The monoisotopic (exact) mass is 321 g/mol. The van der Waals surface area contributed by atoms with Crippen LogP contribution in [-0.2, 0) is 4.79 Å². The topological polar surface area (TPSA) is 67.2 Å². The fourth-order valence-corrected chi connectivity index (χ4v) is 2.44. The molecular formula is C16H20ClN3O2. The van der Waals surface area contributed by atoms with Crippen molar-refractivity contribution in [2.45, 2.75) is 39.2 Å². The molecule has 1 unspecified atom stereocenters. The second-order valence-corrected chi connectivity index (χ2v) is 5.95. The lowest BCUT2D eigenvalue weighted by Crippen LogP contribution is -2.39. The van der Waals surface area contributed by atoms with Gasteiger partial charge in [0.2, 0.25) is 0 Å². The van der Waals surface area contributed by atoms with Crippen LogP contribution in [0.25, 0.3) is 5.69 Å². The van der Waals surface area contributed by atoms with Crippen LogP contribution in [-0.4, -0.2) is 26.4 Å². The van der Waals surface area contributed by atoms with Crippen LogP contribution in [0.1, 0.15) is 32.4 Å². The molecular weight excluding hydrogens is 302 g/mol. The lowest BCUT2D eigenvalue weighted by atomic mass is 10.00. The van der Waals surface area contributed by atoms with Gasteiger partial charge < -0.3 is 10.4 Å². The number of nitrogens with zero attached hydrogens (tertiary/aromatic N) is 2. The van der Waals surface area contributed by atoms with Gasteiger partial charge in [-0.1, -0.05) is 31.0 Å². The van der Waals surface area contributed by atoms with Gasteiger partial charge in [-0.25, -0.2) is 4.68 Å². The molecule has 0 spiro atoms. The maximum absolute atomic E-state index is 12.2. The van der Waals surface area contributed by atoms with Gasteiger partial charge in [-0.2, -0.15) is 5.10 Å². The molecule has 5 nitrogen and oxygen atoms in total. The van der Waals surface area contributed by atoms with E-state index in [1.807, 2.05) is 26.0 Å². The zero-order valence-electron chi connectivity index (χ0n) is 12.9. The Kier molecular flexibility index (Phi) is 4.88. The minimum absolute atomic E-state index is 0.403. The van der Waals surface area contributed by atoms with Crippen molar-refractivity contribution in [1.29, 1.82) is 0 Å². The summed E-state index contributed by atoms with van der Waals surface area (Å²) >= 11 is 5.99. The maximum Gasteiger partial charge on any atom is 0.256 e. The number of halogens is 1. The number of aromatic nitrogens is 2. The average Bonchev–Trinajstić information content (AvgIpc) is 2.80. The van der Waals surface area contributed by atoms with E-state index in [0.717, 1.165) is 17.8 Å². The van der Waals surface area contributed by atoms with Crippen LogP contribution >= 0.6 is 11.6 Å². The number of carbonyl (C=O) groups excluding carboxylic acids is 1. The number of carbonyl (C=O) groups is 1. The molecule has 118 valence electrons. The van der Waals surface area contributed by atoms with E-state index in [2.05, 4.69) is 10.4 Å². The molecule has 0 aliphatic carbocycles. The second kappa shape index (κ2) is 6.50. The van der Waals surface area contributed by atoms with Crippen LogP contribution in [0.5, 0.6) is 0 Å². The van der Waals surface area contributed by atoms with Crippen molar-refractivity contribution in [3.63, 3.8) is 0 Å². The number of rotatable bonds is 5. The van der Waals surface area contributed by atoms with Crippen molar-refractivity contribution in [1.82, 2.24) is 9.78 Å². The smallest absolute Gasteiger partial charge is 0.256 e. The predicted molar refractivity (Wildman–Crippen MR) is 87.5 cm³/mol. The van der Waals surface area contributed by atoms with E-state index in [4.69, 9.17) is 11.6 Å². The third kappa shape index (κ3) is 3.48. The zero-order chi connectivity index (χ0) is 16.3. The van der Waals surface area contributed by atoms with Gasteiger partial charge in [0.15, 0.2) is 0 Å². The first kappa shape index (κ1) is 16.5. The molecule has 0 saturated carbocycles. The molecule has 1 aromatic heterocycles. The Morgan fingerprint density at radius 3 is 2.86 bits per heavy atom. The molecule has 1 heterocycles. The van der Waals surface area contributed by atoms with E-state index < -0.39 is 11.5 Å². The molecule has 22 heavy (non-hydrogen) atoms. The van der Waals surface area contributed by atoms with Crippen LogP contribution in [0, 0.1) is 6.92 Å². The van der Waals surface area contributed by atoms with Gasteiger partial charge in [-0.3, -0.25) is 4.79 Å². The van der Waals surface area contributed by atoms with Crippen molar-refractivity contribution in [3.05, 3.63) is 41.2 Å². The minimum atomic E-state index is -1.39. The molecule has 1 atom stereocenters. The Labute approximate surface area is 134 Å². The maximum atomic E-state index is 12.2. The summed E-state index contributed by atoms with van der Waals surface area (Å²) < 4.78 is 1.69. The van der Waals surface area contributed by atoms with Gasteiger partial charge in [0.25, 0.3) is 5.91 Å². The highest BCUT2D eigenvalue weighted by Crippen LogP contribution is 2.22. The first-order valence-electron chi connectivity index (χ1n) is 7.19. The molecule has 1 aromatic carbocycles. The fraction of sp³-hybridized carbons (Fsp3) is 0.375. The Balaban J connectivity index is 2.23. The summed E-state index contributed by atoms with van der Waals surface area (Å²) in [5.41, 5.74) is 0.759. The molecule has 2 N–H and O–H groups in total. The fourth-order valence-electron chi connectivity index (χ4n) is 2.26. The lowest BCUT2D eigenvalue weighted by Gasteiger charge is -2.21. The van der Waals surface area contributed by atoms with Gasteiger partial charge in [-0.05, 0) is 38.5 Å². The number of anilines is 1. The van der Waals surface area contributed by atoms with Crippen molar-refractivity contribution < 1.29 is 9.90 Å². The minimum Gasteiger partial charge on any atom is -0.380 e. The summed E-state index contributed by atoms with van der Waals surface area (Å²) in [6.07, 6.45) is 2.69. The number of benzene rings is 1. The highest BCUT2D eigenvalue weighted by Gasteiger charge is 2.29.